The number of fused-ring (bicyclic) bond motifs is 1. The zero-order valence-corrected chi connectivity index (χ0v) is 18.8. The van der Waals surface area contributed by atoms with Crippen molar-refractivity contribution in [2.45, 2.75) is 32.2 Å². The molecule has 32 heavy (non-hydrogen) atoms. The molecule has 6 heteroatoms. The third-order valence-corrected chi connectivity index (χ3v) is 6.60. The number of pyridine rings is 1. The Morgan fingerprint density at radius 2 is 1.81 bits per heavy atom. The number of anilines is 1. The molecule has 1 amide bonds. The molecule has 6 nitrogen and oxygen atoms in total. The first-order valence-corrected chi connectivity index (χ1v) is 11.4. The fourth-order valence-electron chi connectivity index (χ4n) is 4.77. The molecular weight excluding hydrogens is 402 g/mol. The lowest BCUT2D eigenvalue weighted by atomic mass is 9.87. The van der Waals surface area contributed by atoms with E-state index >= 15 is 0 Å². The van der Waals surface area contributed by atoms with E-state index in [2.05, 4.69) is 11.0 Å². The molecule has 0 atom stereocenters. The molecule has 1 aliphatic rings. The van der Waals surface area contributed by atoms with Gasteiger partial charge < -0.3 is 19.5 Å². The normalized spacial score (nSPS) is 15.2. The standard InChI is InChI=1S/C26H31N3O3/c1-3-29-24-10-9-21(27(2)26(32)20-7-5-4-6-8-20)17-23(24)22(18-25(29)31)19-11-13-28(14-12-19)15-16-30/h4-10,17-19,30H,3,11-16H2,1-2H3. The van der Waals surface area contributed by atoms with E-state index < -0.39 is 0 Å². The molecule has 168 valence electrons. The number of hydrogen-bond donors (Lipinski definition) is 1. The van der Waals surface area contributed by atoms with Crippen LogP contribution in [-0.4, -0.2) is 53.8 Å². The van der Waals surface area contributed by atoms with Gasteiger partial charge in [-0.3, -0.25) is 9.59 Å². The van der Waals surface area contributed by atoms with E-state index in [9.17, 15) is 14.7 Å². The van der Waals surface area contributed by atoms with E-state index in [0.29, 0.717) is 18.7 Å². The lowest BCUT2D eigenvalue weighted by Gasteiger charge is -2.32. The van der Waals surface area contributed by atoms with Gasteiger partial charge in [-0.05, 0) is 74.7 Å². The summed E-state index contributed by atoms with van der Waals surface area (Å²) in [6.07, 6.45) is 1.90. The Kier molecular flexibility index (Phi) is 6.72. The summed E-state index contributed by atoms with van der Waals surface area (Å²) < 4.78 is 1.79. The number of rotatable bonds is 6. The van der Waals surface area contributed by atoms with Gasteiger partial charge in [0.05, 0.1) is 12.1 Å². The highest BCUT2D eigenvalue weighted by Gasteiger charge is 2.24. The smallest absolute Gasteiger partial charge is 0.258 e. The first-order valence-electron chi connectivity index (χ1n) is 11.4. The van der Waals surface area contributed by atoms with Gasteiger partial charge in [0.15, 0.2) is 0 Å². The minimum atomic E-state index is -0.0624. The van der Waals surface area contributed by atoms with Crippen LogP contribution in [0.1, 0.15) is 41.6 Å². The van der Waals surface area contributed by atoms with Crippen molar-refractivity contribution in [3.05, 3.63) is 76.1 Å². The Bertz CT molecular complexity index is 1150. The summed E-state index contributed by atoms with van der Waals surface area (Å²) in [5.74, 6) is 0.227. The quantitative estimate of drug-likeness (QED) is 0.647. The summed E-state index contributed by atoms with van der Waals surface area (Å²) in [4.78, 5) is 29.8. The van der Waals surface area contributed by atoms with Crippen molar-refractivity contribution in [3.63, 3.8) is 0 Å². The number of benzene rings is 2. The third-order valence-electron chi connectivity index (χ3n) is 6.60. The second-order valence-electron chi connectivity index (χ2n) is 8.45. The van der Waals surface area contributed by atoms with Crippen molar-refractivity contribution in [1.29, 1.82) is 0 Å². The van der Waals surface area contributed by atoms with E-state index in [1.54, 1.807) is 22.6 Å². The van der Waals surface area contributed by atoms with Crippen LogP contribution < -0.4 is 10.5 Å². The van der Waals surface area contributed by atoms with E-state index in [4.69, 9.17) is 0 Å². The zero-order chi connectivity index (χ0) is 22.7. The molecule has 3 aromatic rings. The summed E-state index contributed by atoms with van der Waals surface area (Å²) in [6.45, 7) is 5.27. The average Bonchev–Trinajstić information content (AvgIpc) is 2.83. The molecular formula is C26H31N3O3. The number of aromatic nitrogens is 1. The predicted octanol–water partition coefficient (Wildman–Crippen LogP) is 3.47. The molecule has 1 N–H and O–H groups in total. The lowest BCUT2D eigenvalue weighted by Crippen LogP contribution is -2.35. The number of piperidine rings is 1. The van der Waals surface area contributed by atoms with Gasteiger partial charge in [-0.1, -0.05) is 18.2 Å². The van der Waals surface area contributed by atoms with Gasteiger partial charge in [-0.15, -0.1) is 0 Å². The first-order chi connectivity index (χ1) is 15.5. The number of nitrogens with zero attached hydrogens (tertiary/aromatic N) is 3. The summed E-state index contributed by atoms with van der Waals surface area (Å²) in [6, 6.07) is 17.0. The zero-order valence-electron chi connectivity index (χ0n) is 18.8. The van der Waals surface area contributed by atoms with Gasteiger partial charge in [0, 0.05) is 42.8 Å². The van der Waals surface area contributed by atoms with Crippen LogP contribution in [-0.2, 0) is 6.54 Å². The molecule has 0 aliphatic carbocycles. The van der Waals surface area contributed by atoms with Crippen molar-refractivity contribution in [1.82, 2.24) is 9.47 Å². The largest absolute Gasteiger partial charge is 0.395 e. The molecule has 0 bridgehead atoms. The van der Waals surface area contributed by atoms with Gasteiger partial charge >= 0.3 is 0 Å². The van der Waals surface area contributed by atoms with Crippen LogP contribution in [0.4, 0.5) is 5.69 Å². The van der Waals surface area contributed by atoms with E-state index in [-0.39, 0.29) is 24.0 Å². The number of amides is 1. The van der Waals surface area contributed by atoms with E-state index in [0.717, 1.165) is 48.1 Å². The maximum Gasteiger partial charge on any atom is 0.258 e. The monoisotopic (exact) mass is 433 g/mol. The molecule has 1 aliphatic heterocycles. The first kappa shape index (κ1) is 22.2. The highest BCUT2D eigenvalue weighted by molar-refractivity contribution is 6.06. The van der Waals surface area contributed by atoms with Crippen LogP contribution in [0.25, 0.3) is 10.9 Å². The van der Waals surface area contributed by atoms with Crippen LogP contribution in [0.3, 0.4) is 0 Å². The van der Waals surface area contributed by atoms with Crippen molar-refractivity contribution >= 4 is 22.5 Å². The molecule has 2 heterocycles. The molecule has 0 radical (unpaired) electrons. The highest BCUT2D eigenvalue weighted by atomic mass is 16.3. The highest BCUT2D eigenvalue weighted by Crippen LogP contribution is 2.34. The Morgan fingerprint density at radius 1 is 1.09 bits per heavy atom. The summed E-state index contributed by atoms with van der Waals surface area (Å²) in [5.41, 5.74) is 3.46. The molecule has 0 unspecified atom stereocenters. The minimum Gasteiger partial charge on any atom is -0.395 e. The maximum absolute atomic E-state index is 13.0. The van der Waals surface area contributed by atoms with Crippen LogP contribution in [0, 0.1) is 0 Å². The fraction of sp³-hybridized carbons (Fsp3) is 0.385. The van der Waals surface area contributed by atoms with Gasteiger partial charge in [-0.2, -0.15) is 0 Å². The van der Waals surface area contributed by atoms with Gasteiger partial charge in [0.25, 0.3) is 11.5 Å². The number of hydrogen-bond acceptors (Lipinski definition) is 4. The van der Waals surface area contributed by atoms with Crippen LogP contribution in [0.5, 0.6) is 0 Å². The Labute approximate surface area is 188 Å². The van der Waals surface area contributed by atoms with E-state index in [1.807, 2.05) is 49.4 Å². The van der Waals surface area contributed by atoms with Crippen LogP contribution in [0.15, 0.2) is 59.4 Å². The molecule has 0 spiro atoms. The topological polar surface area (TPSA) is 65.8 Å². The van der Waals surface area contributed by atoms with Gasteiger partial charge in [-0.25, -0.2) is 0 Å². The number of likely N-dealkylation sites (tertiary alicyclic amines) is 1. The molecule has 1 aromatic heterocycles. The van der Waals surface area contributed by atoms with Crippen LogP contribution in [0.2, 0.25) is 0 Å². The molecule has 4 rings (SSSR count). The molecule has 1 fully saturated rings. The SMILES string of the molecule is CCn1c(=O)cc(C2CCN(CCO)CC2)c2cc(N(C)C(=O)c3ccccc3)ccc21. The number of carbonyl (C=O) groups excluding carboxylic acids is 1. The minimum absolute atomic E-state index is 0.0225. The summed E-state index contributed by atoms with van der Waals surface area (Å²) in [5, 5.41) is 10.3. The van der Waals surface area contributed by atoms with Crippen molar-refractivity contribution in [3.8, 4) is 0 Å². The second kappa shape index (κ2) is 9.67. The number of β-amino-alcohol motifs (C(OH)–C–C–N with tert-alkyl or cyclic N) is 1. The number of aryl methyl sites for hydroxylation is 1. The second-order valence-corrected chi connectivity index (χ2v) is 8.45. The number of aliphatic hydroxyl groups is 1. The predicted molar refractivity (Wildman–Crippen MR) is 129 cm³/mol. The summed E-state index contributed by atoms with van der Waals surface area (Å²) >= 11 is 0. The summed E-state index contributed by atoms with van der Waals surface area (Å²) in [7, 11) is 1.79. The third kappa shape index (κ3) is 4.33. The van der Waals surface area contributed by atoms with E-state index in [1.165, 1.54) is 0 Å². The van der Waals surface area contributed by atoms with Gasteiger partial charge in [0.2, 0.25) is 0 Å². The molecule has 1 saturated heterocycles. The average molecular weight is 434 g/mol. The number of aliphatic hydroxyl groups excluding tert-OH is 1. The fourth-order valence-corrected chi connectivity index (χ4v) is 4.77. The Hall–Kier alpha value is -2.96. The van der Waals surface area contributed by atoms with Crippen molar-refractivity contribution < 1.29 is 9.90 Å². The number of carbonyl (C=O) groups is 1. The van der Waals surface area contributed by atoms with Crippen molar-refractivity contribution in [2.24, 2.45) is 0 Å². The molecule has 2 aromatic carbocycles. The van der Waals surface area contributed by atoms with Crippen molar-refractivity contribution in [2.75, 3.05) is 38.2 Å². The lowest BCUT2D eigenvalue weighted by molar-refractivity contribution is 0.0993. The Morgan fingerprint density at radius 3 is 2.47 bits per heavy atom. The molecule has 0 saturated carbocycles. The van der Waals surface area contributed by atoms with Gasteiger partial charge in [0.1, 0.15) is 0 Å². The Balaban J connectivity index is 1.74. The van der Waals surface area contributed by atoms with Crippen LogP contribution >= 0.6 is 0 Å². The maximum atomic E-state index is 13.0.